The summed E-state index contributed by atoms with van der Waals surface area (Å²) in [6.45, 7) is 2.57. The van der Waals surface area contributed by atoms with E-state index in [1.807, 2.05) is 0 Å². The molecular formula is C19H24BrN3O6. The number of fused-ring (bicyclic) bond motifs is 1. The number of rotatable bonds is 11. The molecule has 0 saturated carbocycles. The Kier molecular flexibility index (Phi) is 8.56. The SMILES string of the molecule is CCOC(=O)CCCCn1c(=O)c2cc([N+](=O)[O-])ccc2n(CCCCBr)c1=O. The summed E-state index contributed by atoms with van der Waals surface area (Å²) in [4.78, 5) is 47.8. The number of aromatic nitrogens is 2. The number of halogens is 1. The van der Waals surface area contributed by atoms with Gasteiger partial charge in [0.25, 0.3) is 11.2 Å². The molecule has 29 heavy (non-hydrogen) atoms. The average Bonchev–Trinajstić information content (AvgIpc) is 2.69. The number of ether oxygens (including phenoxy) is 1. The molecular weight excluding hydrogens is 446 g/mol. The normalized spacial score (nSPS) is 11.0. The lowest BCUT2D eigenvalue weighted by atomic mass is 10.2. The number of aryl methyl sites for hydroxylation is 1. The quantitative estimate of drug-likeness (QED) is 0.164. The Bertz CT molecular complexity index is 998. The topological polar surface area (TPSA) is 113 Å². The Morgan fingerprint density at radius 3 is 2.48 bits per heavy atom. The third-order valence-electron chi connectivity index (χ3n) is 4.50. The maximum atomic E-state index is 12.9. The van der Waals surface area contributed by atoms with E-state index >= 15 is 0 Å². The molecule has 0 amide bonds. The molecule has 158 valence electrons. The summed E-state index contributed by atoms with van der Waals surface area (Å²) in [6.07, 6.45) is 2.69. The minimum Gasteiger partial charge on any atom is -0.466 e. The standard InChI is InChI=1S/C19H24BrN3O6/c1-2-29-17(24)7-3-5-12-22-18(25)15-13-14(23(27)28)8-9-16(15)21(19(22)26)11-6-4-10-20/h8-9,13H,2-7,10-12H2,1H3. The minimum absolute atomic E-state index is 0.133. The van der Waals surface area contributed by atoms with Gasteiger partial charge in [0.2, 0.25) is 0 Å². The van der Waals surface area contributed by atoms with Crippen molar-refractivity contribution < 1.29 is 14.5 Å². The van der Waals surface area contributed by atoms with Crippen LogP contribution in [-0.4, -0.2) is 32.0 Å². The van der Waals surface area contributed by atoms with Gasteiger partial charge in [0.05, 0.1) is 22.4 Å². The van der Waals surface area contributed by atoms with Gasteiger partial charge in [0.15, 0.2) is 0 Å². The summed E-state index contributed by atoms with van der Waals surface area (Å²) in [7, 11) is 0. The number of alkyl halides is 1. The number of nitro benzene ring substituents is 1. The molecule has 0 unspecified atom stereocenters. The predicted molar refractivity (Wildman–Crippen MR) is 113 cm³/mol. The molecule has 0 fully saturated rings. The molecule has 0 N–H and O–H groups in total. The first-order valence-electron chi connectivity index (χ1n) is 9.54. The number of carbonyl (C=O) groups is 1. The van der Waals surface area contributed by atoms with Crippen molar-refractivity contribution in [2.24, 2.45) is 0 Å². The molecule has 0 radical (unpaired) electrons. The van der Waals surface area contributed by atoms with Crippen LogP contribution in [0.3, 0.4) is 0 Å². The molecule has 0 spiro atoms. The van der Waals surface area contributed by atoms with Gasteiger partial charge < -0.3 is 4.74 Å². The number of hydrogen-bond acceptors (Lipinski definition) is 6. The maximum Gasteiger partial charge on any atom is 0.331 e. The first-order valence-corrected chi connectivity index (χ1v) is 10.7. The molecule has 9 nitrogen and oxygen atoms in total. The summed E-state index contributed by atoms with van der Waals surface area (Å²) >= 11 is 3.35. The van der Waals surface area contributed by atoms with Gasteiger partial charge in [0, 0.05) is 37.0 Å². The highest BCUT2D eigenvalue weighted by Crippen LogP contribution is 2.18. The van der Waals surface area contributed by atoms with Crippen LogP contribution in [0, 0.1) is 10.1 Å². The Balaban J connectivity index is 2.39. The largest absolute Gasteiger partial charge is 0.466 e. The lowest BCUT2D eigenvalue weighted by Crippen LogP contribution is -2.40. The molecule has 0 aliphatic heterocycles. The zero-order valence-electron chi connectivity index (χ0n) is 16.3. The molecule has 0 aliphatic carbocycles. The fourth-order valence-corrected chi connectivity index (χ4v) is 3.47. The highest BCUT2D eigenvalue weighted by Gasteiger charge is 2.16. The van der Waals surface area contributed by atoms with Crippen molar-refractivity contribution in [3.05, 3.63) is 49.2 Å². The summed E-state index contributed by atoms with van der Waals surface area (Å²) in [5.74, 6) is -0.318. The van der Waals surface area contributed by atoms with Crippen molar-refractivity contribution in [1.29, 1.82) is 0 Å². The van der Waals surface area contributed by atoms with Crippen LogP contribution < -0.4 is 11.2 Å². The van der Waals surface area contributed by atoms with Gasteiger partial charge in [-0.15, -0.1) is 0 Å². The van der Waals surface area contributed by atoms with E-state index < -0.39 is 16.2 Å². The van der Waals surface area contributed by atoms with Crippen molar-refractivity contribution in [3.63, 3.8) is 0 Å². The van der Waals surface area contributed by atoms with Crippen LogP contribution in [0.5, 0.6) is 0 Å². The molecule has 0 aliphatic rings. The minimum atomic E-state index is -0.567. The first kappa shape index (κ1) is 22.8. The highest BCUT2D eigenvalue weighted by molar-refractivity contribution is 9.09. The Hall–Kier alpha value is -2.49. The number of esters is 1. The number of carbonyl (C=O) groups excluding carboxylic acids is 1. The third-order valence-corrected chi connectivity index (χ3v) is 5.06. The number of unbranched alkanes of at least 4 members (excludes halogenated alkanes) is 2. The third kappa shape index (κ3) is 5.75. The van der Waals surface area contributed by atoms with Gasteiger partial charge in [0.1, 0.15) is 0 Å². The van der Waals surface area contributed by atoms with Crippen molar-refractivity contribution in [3.8, 4) is 0 Å². The van der Waals surface area contributed by atoms with Crippen LogP contribution in [0.1, 0.15) is 39.0 Å². The molecule has 0 atom stereocenters. The van der Waals surface area contributed by atoms with Gasteiger partial charge in [-0.25, -0.2) is 4.79 Å². The highest BCUT2D eigenvalue weighted by atomic mass is 79.9. The smallest absolute Gasteiger partial charge is 0.331 e. The number of benzene rings is 1. The molecule has 0 bridgehead atoms. The van der Waals surface area contributed by atoms with Crippen LogP contribution in [0.2, 0.25) is 0 Å². The Morgan fingerprint density at radius 2 is 1.83 bits per heavy atom. The second kappa shape index (κ2) is 10.9. The zero-order chi connectivity index (χ0) is 21.4. The van der Waals surface area contributed by atoms with E-state index in [4.69, 9.17) is 4.74 Å². The number of hydrogen-bond donors (Lipinski definition) is 0. The predicted octanol–water partition coefficient (Wildman–Crippen LogP) is 2.98. The monoisotopic (exact) mass is 469 g/mol. The summed E-state index contributed by atoms with van der Waals surface area (Å²) in [5, 5.41) is 12.0. The molecule has 0 saturated heterocycles. The van der Waals surface area contributed by atoms with E-state index in [1.54, 1.807) is 6.92 Å². The maximum absolute atomic E-state index is 12.9. The number of non-ortho nitro benzene ring substituents is 1. The number of nitrogens with zero attached hydrogens (tertiary/aromatic N) is 3. The van der Waals surface area contributed by atoms with Crippen LogP contribution in [0.25, 0.3) is 10.9 Å². The van der Waals surface area contributed by atoms with Crippen LogP contribution in [-0.2, 0) is 22.6 Å². The molecule has 10 heteroatoms. The summed E-state index contributed by atoms with van der Waals surface area (Å²) < 4.78 is 7.46. The second-order valence-corrected chi connectivity index (χ2v) is 7.30. The van der Waals surface area contributed by atoms with Crippen molar-refractivity contribution >= 4 is 38.5 Å². The molecule has 1 heterocycles. The summed E-state index contributed by atoms with van der Waals surface area (Å²) in [6, 6.07) is 3.97. The van der Waals surface area contributed by atoms with E-state index in [1.165, 1.54) is 22.8 Å². The van der Waals surface area contributed by atoms with Gasteiger partial charge in [-0.3, -0.25) is 28.8 Å². The van der Waals surface area contributed by atoms with Gasteiger partial charge in [-0.1, -0.05) is 15.9 Å². The van der Waals surface area contributed by atoms with Crippen molar-refractivity contribution in [2.75, 3.05) is 11.9 Å². The molecule has 2 aromatic rings. The van der Waals surface area contributed by atoms with Crippen molar-refractivity contribution in [2.45, 2.75) is 52.1 Å². The summed E-state index contributed by atoms with van der Waals surface area (Å²) in [5.41, 5.74) is -0.805. The second-order valence-electron chi connectivity index (χ2n) is 6.51. The van der Waals surface area contributed by atoms with Crippen LogP contribution >= 0.6 is 15.9 Å². The van der Waals surface area contributed by atoms with E-state index in [2.05, 4.69) is 15.9 Å². The van der Waals surface area contributed by atoms with E-state index in [9.17, 15) is 24.5 Å². The molecule has 2 rings (SSSR count). The fourth-order valence-electron chi connectivity index (χ4n) is 3.08. The lowest BCUT2D eigenvalue weighted by Gasteiger charge is -2.14. The Morgan fingerprint density at radius 1 is 1.14 bits per heavy atom. The molecule has 1 aromatic carbocycles. The van der Waals surface area contributed by atoms with Gasteiger partial charge in [-0.05, 0) is 38.7 Å². The lowest BCUT2D eigenvalue weighted by molar-refractivity contribution is -0.384. The van der Waals surface area contributed by atoms with Gasteiger partial charge in [-0.2, -0.15) is 0 Å². The van der Waals surface area contributed by atoms with Crippen LogP contribution in [0.15, 0.2) is 27.8 Å². The fraction of sp³-hybridized carbons (Fsp3) is 0.526. The van der Waals surface area contributed by atoms with E-state index in [0.29, 0.717) is 31.5 Å². The average molecular weight is 470 g/mol. The van der Waals surface area contributed by atoms with Crippen molar-refractivity contribution in [1.82, 2.24) is 9.13 Å². The molecule has 1 aromatic heterocycles. The van der Waals surface area contributed by atoms with Crippen LogP contribution in [0.4, 0.5) is 5.69 Å². The van der Waals surface area contributed by atoms with Gasteiger partial charge >= 0.3 is 11.7 Å². The van der Waals surface area contributed by atoms with E-state index in [0.717, 1.165) is 22.7 Å². The van der Waals surface area contributed by atoms with E-state index in [-0.39, 0.29) is 30.0 Å². The first-order chi connectivity index (χ1) is 13.9. The number of nitro groups is 1. The zero-order valence-corrected chi connectivity index (χ0v) is 17.9. The Labute approximate surface area is 175 Å².